The predicted octanol–water partition coefficient (Wildman–Crippen LogP) is 3.74. The minimum Gasteiger partial charge on any atom is -0.379 e. The number of carbonyl (C=O) groups excluding carboxylic acids is 2. The van der Waals surface area contributed by atoms with Crippen LogP contribution in [0.3, 0.4) is 0 Å². The predicted molar refractivity (Wildman–Crippen MR) is 101 cm³/mol. The molecule has 1 aliphatic rings. The molecule has 3 rings (SSSR count). The molecule has 25 heavy (non-hydrogen) atoms. The Hall–Kier alpha value is -2.82. The van der Waals surface area contributed by atoms with Crippen molar-refractivity contribution in [1.29, 1.82) is 0 Å². The summed E-state index contributed by atoms with van der Waals surface area (Å²) >= 11 is 0. The highest BCUT2D eigenvalue weighted by Gasteiger charge is 2.29. The van der Waals surface area contributed by atoms with Gasteiger partial charge in [-0.1, -0.05) is 26.0 Å². The van der Waals surface area contributed by atoms with E-state index in [2.05, 4.69) is 24.5 Å². The molecule has 0 saturated heterocycles. The van der Waals surface area contributed by atoms with E-state index in [4.69, 9.17) is 0 Å². The smallest absolute Gasteiger partial charge is 0.258 e. The van der Waals surface area contributed by atoms with E-state index in [9.17, 15) is 9.59 Å². The first-order chi connectivity index (χ1) is 12.0. The number of nitrogens with zero attached hydrogens (tertiary/aromatic N) is 1. The van der Waals surface area contributed by atoms with Crippen molar-refractivity contribution in [2.45, 2.75) is 26.8 Å². The normalized spacial score (nSPS) is 16.2. The molecule has 1 aliphatic heterocycles. The van der Waals surface area contributed by atoms with Gasteiger partial charge >= 0.3 is 0 Å². The fourth-order valence-electron chi connectivity index (χ4n) is 3.00. The Labute approximate surface area is 148 Å². The van der Waals surface area contributed by atoms with Gasteiger partial charge in [0.25, 0.3) is 5.91 Å². The van der Waals surface area contributed by atoms with E-state index in [-0.39, 0.29) is 17.9 Å². The van der Waals surface area contributed by atoms with E-state index in [1.54, 1.807) is 24.3 Å². The molecular formula is C20H23N3O2. The van der Waals surface area contributed by atoms with Crippen LogP contribution in [-0.2, 0) is 4.79 Å². The maximum Gasteiger partial charge on any atom is 0.258 e. The zero-order valence-electron chi connectivity index (χ0n) is 14.7. The second-order valence-electron chi connectivity index (χ2n) is 6.69. The zero-order valence-corrected chi connectivity index (χ0v) is 14.7. The summed E-state index contributed by atoms with van der Waals surface area (Å²) in [6.45, 7) is 6.39. The molecular weight excluding hydrogens is 314 g/mol. The van der Waals surface area contributed by atoms with E-state index in [0.717, 1.165) is 11.4 Å². The van der Waals surface area contributed by atoms with Crippen LogP contribution in [0.25, 0.3) is 0 Å². The Balaban J connectivity index is 1.89. The quantitative estimate of drug-likeness (QED) is 0.897. The fraction of sp³-hybridized carbons (Fsp3) is 0.300. The summed E-state index contributed by atoms with van der Waals surface area (Å²) < 4.78 is 0. The van der Waals surface area contributed by atoms with Crippen LogP contribution in [0.4, 0.5) is 17.1 Å². The van der Waals surface area contributed by atoms with Gasteiger partial charge in [-0.25, -0.2) is 0 Å². The molecule has 0 saturated carbocycles. The second kappa shape index (κ2) is 6.97. The van der Waals surface area contributed by atoms with Gasteiger partial charge in [0.1, 0.15) is 0 Å². The highest BCUT2D eigenvalue weighted by molar-refractivity contribution is 6.08. The van der Waals surface area contributed by atoms with Gasteiger partial charge < -0.3 is 15.5 Å². The van der Waals surface area contributed by atoms with Crippen molar-refractivity contribution in [3.8, 4) is 0 Å². The van der Waals surface area contributed by atoms with Gasteiger partial charge in [0.2, 0.25) is 5.91 Å². The average Bonchev–Trinajstić information content (AvgIpc) is 2.60. The second-order valence-corrected chi connectivity index (χ2v) is 6.69. The van der Waals surface area contributed by atoms with Crippen molar-refractivity contribution in [2.24, 2.45) is 5.92 Å². The number of amides is 2. The van der Waals surface area contributed by atoms with Crippen LogP contribution in [0.15, 0.2) is 48.5 Å². The number of anilines is 3. The van der Waals surface area contributed by atoms with E-state index >= 15 is 0 Å². The molecule has 2 N–H and O–H groups in total. The van der Waals surface area contributed by atoms with E-state index in [1.807, 2.05) is 29.2 Å². The lowest BCUT2D eigenvalue weighted by Crippen LogP contribution is -2.47. The standard InChI is InChI=1S/C20H23N3O2/c1-13(2)18-12-23(19-7-5-4-6-17(19)22-18)20(25)15-8-10-16(11-9-15)21-14(3)24/h4-11,13,18,22H,12H2,1-3H3,(H,21,24)/t18-/m1/s1. The van der Waals surface area contributed by atoms with Crippen LogP contribution < -0.4 is 15.5 Å². The Bertz CT molecular complexity index is 784. The third-order valence-corrected chi connectivity index (χ3v) is 4.42. The number of hydrogen-bond acceptors (Lipinski definition) is 3. The molecule has 0 bridgehead atoms. The summed E-state index contributed by atoms with van der Waals surface area (Å²) in [6, 6.07) is 15.1. The van der Waals surface area contributed by atoms with Gasteiger partial charge in [0, 0.05) is 30.8 Å². The van der Waals surface area contributed by atoms with Crippen molar-refractivity contribution in [3.05, 3.63) is 54.1 Å². The number of nitrogens with one attached hydrogen (secondary N) is 2. The van der Waals surface area contributed by atoms with Crippen LogP contribution in [0.5, 0.6) is 0 Å². The molecule has 0 aliphatic carbocycles. The number of hydrogen-bond donors (Lipinski definition) is 2. The third kappa shape index (κ3) is 3.65. The van der Waals surface area contributed by atoms with Gasteiger partial charge in [-0.2, -0.15) is 0 Å². The fourth-order valence-corrected chi connectivity index (χ4v) is 3.00. The lowest BCUT2D eigenvalue weighted by Gasteiger charge is -2.37. The van der Waals surface area contributed by atoms with Gasteiger partial charge in [-0.3, -0.25) is 9.59 Å². The van der Waals surface area contributed by atoms with E-state index in [1.165, 1.54) is 6.92 Å². The molecule has 5 nitrogen and oxygen atoms in total. The average molecular weight is 337 g/mol. The molecule has 2 amide bonds. The Morgan fingerprint density at radius 1 is 1.12 bits per heavy atom. The number of para-hydroxylation sites is 2. The van der Waals surface area contributed by atoms with Crippen LogP contribution in [0.2, 0.25) is 0 Å². The van der Waals surface area contributed by atoms with Gasteiger partial charge in [0.05, 0.1) is 11.4 Å². The molecule has 0 aromatic heterocycles. The lowest BCUT2D eigenvalue weighted by molar-refractivity contribution is -0.114. The molecule has 1 heterocycles. The monoisotopic (exact) mass is 337 g/mol. The molecule has 130 valence electrons. The van der Waals surface area contributed by atoms with Crippen molar-refractivity contribution < 1.29 is 9.59 Å². The largest absolute Gasteiger partial charge is 0.379 e. The van der Waals surface area contributed by atoms with E-state index < -0.39 is 0 Å². The SMILES string of the molecule is CC(=O)Nc1ccc(C(=O)N2C[C@H](C(C)C)Nc3ccccc32)cc1. The van der Waals surface area contributed by atoms with Crippen LogP contribution in [0.1, 0.15) is 31.1 Å². The molecule has 0 unspecified atom stereocenters. The number of rotatable bonds is 3. The Morgan fingerprint density at radius 2 is 1.80 bits per heavy atom. The van der Waals surface area contributed by atoms with Crippen molar-refractivity contribution in [1.82, 2.24) is 0 Å². The number of fused-ring (bicyclic) bond motifs is 1. The highest BCUT2D eigenvalue weighted by Crippen LogP contribution is 2.33. The highest BCUT2D eigenvalue weighted by atomic mass is 16.2. The number of carbonyl (C=O) groups is 2. The first-order valence-corrected chi connectivity index (χ1v) is 8.51. The minimum absolute atomic E-state index is 0.0334. The molecule has 2 aromatic carbocycles. The minimum atomic E-state index is -0.130. The summed E-state index contributed by atoms with van der Waals surface area (Å²) in [6.07, 6.45) is 0. The van der Waals surface area contributed by atoms with E-state index in [0.29, 0.717) is 23.7 Å². The lowest BCUT2D eigenvalue weighted by atomic mass is 9.99. The topological polar surface area (TPSA) is 61.4 Å². The van der Waals surface area contributed by atoms with Gasteiger partial charge in [-0.05, 0) is 42.3 Å². The van der Waals surface area contributed by atoms with Crippen LogP contribution >= 0.6 is 0 Å². The Morgan fingerprint density at radius 3 is 2.44 bits per heavy atom. The summed E-state index contributed by atoms with van der Waals surface area (Å²) in [5, 5.41) is 6.24. The summed E-state index contributed by atoms with van der Waals surface area (Å²) in [5.41, 5.74) is 3.17. The molecule has 2 aromatic rings. The third-order valence-electron chi connectivity index (χ3n) is 4.42. The van der Waals surface area contributed by atoms with Gasteiger partial charge in [-0.15, -0.1) is 0 Å². The summed E-state index contributed by atoms with van der Waals surface area (Å²) in [5.74, 6) is 0.245. The molecule has 0 fully saturated rings. The van der Waals surface area contributed by atoms with Crippen LogP contribution in [0, 0.1) is 5.92 Å². The number of benzene rings is 2. The summed E-state index contributed by atoms with van der Waals surface area (Å²) in [7, 11) is 0. The maximum absolute atomic E-state index is 13.1. The maximum atomic E-state index is 13.1. The van der Waals surface area contributed by atoms with Crippen molar-refractivity contribution in [3.63, 3.8) is 0 Å². The van der Waals surface area contributed by atoms with Gasteiger partial charge in [0.15, 0.2) is 0 Å². The first kappa shape index (κ1) is 17.0. The molecule has 0 spiro atoms. The van der Waals surface area contributed by atoms with Crippen molar-refractivity contribution in [2.75, 3.05) is 22.1 Å². The summed E-state index contributed by atoms with van der Waals surface area (Å²) in [4.78, 5) is 26.0. The zero-order chi connectivity index (χ0) is 18.0. The molecule has 0 radical (unpaired) electrons. The molecule has 5 heteroatoms. The van der Waals surface area contributed by atoms with Crippen molar-refractivity contribution >= 4 is 28.9 Å². The first-order valence-electron chi connectivity index (χ1n) is 8.51. The molecule has 1 atom stereocenters. The Kier molecular flexibility index (Phi) is 4.74. The van der Waals surface area contributed by atoms with Crippen LogP contribution in [-0.4, -0.2) is 24.4 Å².